The van der Waals surface area contributed by atoms with Gasteiger partial charge in [0.25, 0.3) is 0 Å². The molecule has 110 valence electrons. The topological polar surface area (TPSA) is 50.4 Å². The molecule has 1 saturated heterocycles. The van der Waals surface area contributed by atoms with Crippen LogP contribution in [0.1, 0.15) is 51.9 Å². The maximum Gasteiger partial charge on any atom is 0.226 e. The fourth-order valence-electron chi connectivity index (χ4n) is 3.43. The molecule has 0 aromatic carbocycles. The Labute approximate surface area is 116 Å². The number of hydrogen-bond donors (Lipinski definition) is 2. The van der Waals surface area contributed by atoms with Crippen molar-refractivity contribution in [1.29, 1.82) is 0 Å². The van der Waals surface area contributed by atoms with Crippen LogP contribution < -0.4 is 10.6 Å². The number of carbonyl (C=O) groups excluding carboxylic acids is 1. The molecule has 2 aliphatic rings. The van der Waals surface area contributed by atoms with Crippen LogP contribution in [0.2, 0.25) is 0 Å². The minimum absolute atomic E-state index is 0.0734. The van der Waals surface area contributed by atoms with E-state index in [1.807, 2.05) is 0 Å². The number of ether oxygens (including phenoxy) is 1. The molecule has 1 aliphatic carbocycles. The highest BCUT2D eigenvalue weighted by Gasteiger charge is 2.41. The highest BCUT2D eigenvalue weighted by Crippen LogP contribution is 2.37. The average molecular weight is 268 g/mol. The minimum Gasteiger partial charge on any atom is -0.376 e. The number of piperidine rings is 1. The maximum atomic E-state index is 12.6. The van der Waals surface area contributed by atoms with Gasteiger partial charge in [0.15, 0.2) is 0 Å². The number of hydrogen-bond acceptors (Lipinski definition) is 3. The number of rotatable bonds is 6. The van der Waals surface area contributed by atoms with Gasteiger partial charge in [-0.1, -0.05) is 13.3 Å². The van der Waals surface area contributed by atoms with E-state index in [4.69, 9.17) is 4.74 Å². The van der Waals surface area contributed by atoms with Gasteiger partial charge in [-0.2, -0.15) is 0 Å². The summed E-state index contributed by atoms with van der Waals surface area (Å²) in [5.74, 6) is 0.249. The molecule has 0 spiro atoms. The highest BCUT2D eigenvalue weighted by atomic mass is 16.5. The fourth-order valence-corrected chi connectivity index (χ4v) is 3.43. The lowest BCUT2D eigenvalue weighted by Gasteiger charge is -2.42. The molecule has 1 heterocycles. The summed E-state index contributed by atoms with van der Waals surface area (Å²) in [5.41, 5.74) is -0.214. The lowest BCUT2D eigenvalue weighted by Crippen LogP contribution is -2.54. The van der Waals surface area contributed by atoms with Gasteiger partial charge in [0.1, 0.15) is 0 Å². The van der Waals surface area contributed by atoms with Gasteiger partial charge >= 0.3 is 0 Å². The monoisotopic (exact) mass is 268 g/mol. The van der Waals surface area contributed by atoms with E-state index in [1.165, 1.54) is 6.42 Å². The van der Waals surface area contributed by atoms with Crippen molar-refractivity contribution in [3.63, 3.8) is 0 Å². The number of carbonyl (C=O) groups is 1. The first-order valence-electron chi connectivity index (χ1n) is 7.71. The summed E-state index contributed by atoms with van der Waals surface area (Å²) in [6, 6.07) is 0. The van der Waals surface area contributed by atoms with E-state index >= 15 is 0 Å². The molecule has 2 N–H and O–H groups in total. The van der Waals surface area contributed by atoms with Crippen LogP contribution in [0, 0.1) is 5.41 Å². The lowest BCUT2D eigenvalue weighted by molar-refractivity contribution is -0.136. The molecule has 0 bridgehead atoms. The van der Waals surface area contributed by atoms with E-state index in [-0.39, 0.29) is 16.9 Å². The lowest BCUT2D eigenvalue weighted by atomic mass is 9.74. The van der Waals surface area contributed by atoms with Crippen LogP contribution in [0.25, 0.3) is 0 Å². The van der Waals surface area contributed by atoms with Crippen molar-refractivity contribution in [1.82, 2.24) is 10.6 Å². The first kappa shape index (κ1) is 14.8. The smallest absolute Gasteiger partial charge is 0.226 e. The van der Waals surface area contributed by atoms with E-state index in [9.17, 15) is 4.79 Å². The third-order valence-corrected chi connectivity index (χ3v) is 5.04. The summed E-state index contributed by atoms with van der Waals surface area (Å²) < 4.78 is 5.58. The van der Waals surface area contributed by atoms with Crippen LogP contribution in [0.5, 0.6) is 0 Å². The van der Waals surface area contributed by atoms with Gasteiger partial charge in [0.05, 0.1) is 11.0 Å². The van der Waals surface area contributed by atoms with Gasteiger partial charge in [0.2, 0.25) is 5.91 Å². The fraction of sp³-hybridized carbons (Fsp3) is 0.933. The Kier molecular flexibility index (Phi) is 4.85. The molecule has 0 aromatic heterocycles. The second kappa shape index (κ2) is 6.23. The standard InChI is InChI=1S/C15H28N2O2/c1-3-5-14(8-10-16-11-9-14)13(18)17-12-15(19-2)6-4-7-15/h16H,3-12H2,1-2H3,(H,17,18). The van der Waals surface area contributed by atoms with Crippen LogP contribution >= 0.6 is 0 Å². The van der Waals surface area contributed by atoms with E-state index in [0.29, 0.717) is 6.54 Å². The second-order valence-corrected chi connectivity index (χ2v) is 6.20. The Balaban J connectivity index is 1.92. The summed E-state index contributed by atoms with van der Waals surface area (Å²) >= 11 is 0. The zero-order valence-electron chi connectivity index (χ0n) is 12.4. The molecular formula is C15H28N2O2. The third-order valence-electron chi connectivity index (χ3n) is 5.04. The molecule has 0 aromatic rings. The van der Waals surface area contributed by atoms with Crippen LogP contribution in [0.15, 0.2) is 0 Å². The Morgan fingerprint density at radius 2 is 1.95 bits per heavy atom. The molecule has 2 rings (SSSR count). The Bertz CT molecular complexity index is 296. The Morgan fingerprint density at radius 1 is 1.26 bits per heavy atom. The molecule has 0 unspecified atom stereocenters. The van der Waals surface area contributed by atoms with Gasteiger partial charge in [-0.3, -0.25) is 4.79 Å². The van der Waals surface area contributed by atoms with Crippen molar-refractivity contribution in [3.05, 3.63) is 0 Å². The normalized spacial score (nSPS) is 24.5. The first-order valence-corrected chi connectivity index (χ1v) is 7.71. The molecule has 1 amide bonds. The molecule has 0 radical (unpaired) electrons. The van der Waals surface area contributed by atoms with Crippen molar-refractivity contribution >= 4 is 5.91 Å². The quantitative estimate of drug-likeness (QED) is 0.773. The molecule has 1 saturated carbocycles. The minimum atomic E-state index is -0.140. The second-order valence-electron chi connectivity index (χ2n) is 6.20. The molecule has 4 nitrogen and oxygen atoms in total. The van der Waals surface area contributed by atoms with E-state index in [1.54, 1.807) is 7.11 Å². The van der Waals surface area contributed by atoms with Crippen molar-refractivity contribution < 1.29 is 9.53 Å². The predicted octanol–water partition coefficient (Wildman–Crippen LogP) is 1.84. The van der Waals surface area contributed by atoms with Gasteiger partial charge in [0, 0.05) is 13.7 Å². The van der Waals surface area contributed by atoms with Crippen LogP contribution in [-0.4, -0.2) is 38.3 Å². The van der Waals surface area contributed by atoms with Crippen molar-refractivity contribution in [2.45, 2.75) is 57.5 Å². The van der Waals surface area contributed by atoms with Crippen LogP contribution in [0.4, 0.5) is 0 Å². The van der Waals surface area contributed by atoms with Gasteiger partial charge in [-0.15, -0.1) is 0 Å². The number of amides is 1. The Hall–Kier alpha value is -0.610. The summed E-state index contributed by atoms with van der Waals surface area (Å²) in [7, 11) is 1.76. The maximum absolute atomic E-state index is 12.6. The Morgan fingerprint density at radius 3 is 2.42 bits per heavy atom. The molecule has 1 aliphatic heterocycles. The van der Waals surface area contributed by atoms with Gasteiger partial charge in [-0.05, 0) is 51.6 Å². The largest absolute Gasteiger partial charge is 0.376 e. The van der Waals surface area contributed by atoms with Crippen molar-refractivity contribution in [3.8, 4) is 0 Å². The van der Waals surface area contributed by atoms with Crippen molar-refractivity contribution in [2.24, 2.45) is 5.41 Å². The highest BCUT2D eigenvalue weighted by molar-refractivity contribution is 5.82. The predicted molar refractivity (Wildman–Crippen MR) is 76.0 cm³/mol. The van der Waals surface area contributed by atoms with Crippen molar-refractivity contribution in [2.75, 3.05) is 26.7 Å². The summed E-state index contributed by atoms with van der Waals surface area (Å²) in [5, 5.41) is 6.53. The summed E-state index contributed by atoms with van der Waals surface area (Å²) in [6.45, 7) is 4.77. The SMILES string of the molecule is CCCC1(C(=O)NCC2(OC)CCC2)CCNCC1. The summed E-state index contributed by atoms with van der Waals surface area (Å²) in [4.78, 5) is 12.6. The third kappa shape index (κ3) is 3.11. The summed E-state index contributed by atoms with van der Waals surface area (Å²) in [6.07, 6.45) is 7.37. The van der Waals surface area contributed by atoms with E-state index < -0.39 is 0 Å². The molecular weight excluding hydrogens is 240 g/mol. The zero-order chi connectivity index (χ0) is 13.8. The van der Waals surface area contributed by atoms with Crippen LogP contribution in [-0.2, 0) is 9.53 Å². The van der Waals surface area contributed by atoms with Gasteiger partial charge in [-0.25, -0.2) is 0 Å². The van der Waals surface area contributed by atoms with E-state index in [0.717, 1.165) is 51.6 Å². The number of methoxy groups -OCH3 is 1. The molecule has 19 heavy (non-hydrogen) atoms. The first-order chi connectivity index (χ1) is 9.16. The van der Waals surface area contributed by atoms with E-state index in [2.05, 4.69) is 17.6 Å². The molecule has 0 atom stereocenters. The average Bonchev–Trinajstić information content (AvgIpc) is 2.39. The zero-order valence-corrected chi connectivity index (χ0v) is 12.4. The van der Waals surface area contributed by atoms with Gasteiger partial charge < -0.3 is 15.4 Å². The van der Waals surface area contributed by atoms with Crippen LogP contribution in [0.3, 0.4) is 0 Å². The number of nitrogens with one attached hydrogen (secondary N) is 2. The molecule has 2 fully saturated rings. The molecule has 4 heteroatoms.